The van der Waals surface area contributed by atoms with Gasteiger partial charge in [-0.2, -0.15) is 0 Å². The number of nitrogens with zero attached hydrogens (tertiary/aromatic N) is 3. The van der Waals surface area contributed by atoms with Gasteiger partial charge in [0, 0.05) is 49.1 Å². The number of para-hydroxylation sites is 4. The Hall–Kier alpha value is -7.88. The van der Waals surface area contributed by atoms with E-state index in [-0.39, 0.29) is 0 Å². The van der Waals surface area contributed by atoms with Gasteiger partial charge in [0.2, 0.25) is 0 Å². The Bertz CT molecular complexity index is 3840. The van der Waals surface area contributed by atoms with Gasteiger partial charge in [0.15, 0.2) is 0 Å². The van der Waals surface area contributed by atoms with Gasteiger partial charge in [0.1, 0.15) is 0 Å². The summed E-state index contributed by atoms with van der Waals surface area (Å²) in [6.07, 6.45) is 0. The zero-order valence-corrected chi connectivity index (χ0v) is 32.0. The quantitative estimate of drug-likeness (QED) is 0.159. The first-order valence-corrected chi connectivity index (χ1v) is 20.4. The van der Waals surface area contributed by atoms with Crippen LogP contribution in [0, 0.1) is 0 Å². The van der Waals surface area contributed by atoms with Crippen LogP contribution in [0.1, 0.15) is 0 Å². The van der Waals surface area contributed by atoms with Gasteiger partial charge >= 0.3 is 0 Å². The lowest BCUT2D eigenvalue weighted by molar-refractivity contribution is 1.18. The van der Waals surface area contributed by atoms with Crippen molar-refractivity contribution in [1.29, 1.82) is 0 Å². The number of hydrogen-bond acceptors (Lipinski definition) is 0. The fourth-order valence-electron chi connectivity index (χ4n) is 10.2. The van der Waals surface area contributed by atoms with Gasteiger partial charge in [-0.05, 0) is 94.0 Å². The number of benzene rings is 10. The Morgan fingerprint density at radius 1 is 0.254 bits per heavy atom. The Labute approximate surface area is 339 Å². The summed E-state index contributed by atoms with van der Waals surface area (Å²) in [5.74, 6) is 0. The third kappa shape index (κ3) is 4.53. The largest absolute Gasteiger partial charge is 0.309 e. The smallest absolute Gasteiger partial charge is 0.0549 e. The second kappa shape index (κ2) is 12.3. The molecule has 3 heteroatoms. The van der Waals surface area contributed by atoms with E-state index in [1.165, 1.54) is 104 Å². The maximum Gasteiger partial charge on any atom is 0.0549 e. The maximum absolute atomic E-state index is 2.50. The Morgan fingerprint density at radius 2 is 0.729 bits per heavy atom. The summed E-state index contributed by atoms with van der Waals surface area (Å²) in [6, 6.07) is 77.9. The maximum atomic E-state index is 2.50. The number of rotatable bonds is 4. The molecule has 0 saturated carbocycles. The monoisotopic (exact) mass is 749 g/mol. The van der Waals surface area contributed by atoms with Crippen molar-refractivity contribution < 1.29 is 0 Å². The zero-order chi connectivity index (χ0) is 38.6. The molecule has 0 unspecified atom stereocenters. The van der Waals surface area contributed by atoms with E-state index >= 15 is 0 Å². The van der Waals surface area contributed by atoms with Crippen molar-refractivity contribution in [1.82, 2.24) is 13.7 Å². The first-order valence-electron chi connectivity index (χ1n) is 20.4. The highest BCUT2D eigenvalue weighted by molar-refractivity contribution is 6.29. The lowest BCUT2D eigenvalue weighted by Crippen LogP contribution is -1.97. The van der Waals surface area contributed by atoms with Crippen molar-refractivity contribution in [3.63, 3.8) is 0 Å². The molecule has 0 saturated heterocycles. The molecule has 0 radical (unpaired) electrons. The average Bonchev–Trinajstić information content (AvgIpc) is 3.95. The highest BCUT2D eigenvalue weighted by atomic mass is 15.0. The van der Waals surface area contributed by atoms with Gasteiger partial charge in [0.05, 0.1) is 38.8 Å². The molecular formula is C56H35N3. The van der Waals surface area contributed by atoms with Crippen LogP contribution in [-0.2, 0) is 0 Å². The highest BCUT2D eigenvalue weighted by Gasteiger charge is 2.22. The van der Waals surface area contributed by atoms with Crippen LogP contribution in [0.25, 0.3) is 115 Å². The molecule has 0 aliphatic carbocycles. The molecule has 3 aromatic heterocycles. The van der Waals surface area contributed by atoms with Crippen molar-refractivity contribution in [2.75, 3.05) is 0 Å². The number of aromatic nitrogens is 3. The summed E-state index contributed by atoms with van der Waals surface area (Å²) in [5.41, 5.74) is 13.1. The van der Waals surface area contributed by atoms with E-state index in [9.17, 15) is 0 Å². The molecule has 0 aliphatic heterocycles. The number of fused-ring (bicyclic) bond motifs is 13. The minimum atomic E-state index is 1.14. The molecule has 0 spiro atoms. The lowest BCUT2D eigenvalue weighted by Gasteiger charge is -2.14. The van der Waals surface area contributed by atoms with E-state index in [4.69, 9.17) is 0 Å². The SMILES string of the molecule is c1ccc(-n2c3ccccc3c3c(-c4cccc(-n5c6ccccc6c6c7c8ccccc8n(-c8cc9ccccc9c9ccccc89)c7ccc65)c4)cccc32)cc1. The van der Waals surface area contributed by atoms with Crippen molar-refractivity contribution in [2.45, 2.75) is 0 Å². The lowest BCUT2D eigenvalue weighted by atomic mass is 9.99. The van der Waals surface area contributed by atoms with E-state index in [0.717, 1.165) is 11.4 Å². The second-order valence-electron chi connectivity index (χ2n) is 15.7. The third-order valence-corrected chi connectivity index (χ3v) is 12.6. The topological polar surface area (TPSA) is 14.8 Å². The van der Waals surface area contributed by atoms with Crippen LogP contribution in [0.5, 0.6) is 0 Å². The van der Waals surface area contributed by atoms with Crippen LogP contribution in [0.3, 0.4) is 0 Å². The van der Waals surface area contributed by atoms with Crippen molar-refractivity contribution in [2.24, 2.45) is 0 Å². The van der Waals surface area contributed by atoms with E-state index < -0.39 is 0 Å². The predicted molar refractivity (Wildman–Crippen MR) is 250 cm³/mol. The molecule has 13 rings (SSSR count). The third-order valence-electron chi connectivity index (χ3n) is 12.6. The summed E-state index contributed by atoms with van der Waals surface area (Å²) in [5, 5.41) is 12.6. The molecule has 274 valence electrons. The van der Waals surface area contributed by atoms with E-state index in [0.29, 0.717) is 0 Å². The normalized spacial score (nSPS) is 12.1. The molecule has 59 heavy (non-hydrogen) atoms. The first kappa shape index (κ1) is 32.2. The molecule has 13 aromatic rings. The van der Waals surface area contributed by atoms with Gasteiger partial charge in [-0.1, -0.05) is 146 Å². The van der Waals surface area contributed by atoms with Crippen molar-refractivity contribution in [3.8, 4) is 28.2 Å². The first-order chi connectivity index (χ1) is 29.3. The van der Waals surface area contributed by atoms with Crippen LogP contribution in [-0.4, -0.2) is 13.7 Å². The Morgan fingerprint density at radius 3 is 1.44 bits per heavy atom. The van der Waals surface area contributed by atoms with E-state index in [2.05, 4.69) is 226 Å². The fraction of sp³-hybridized carbons (Fsp3) is 0. The van der Waals surface area contributed by atoms with Gasteiger partial charge in [-0.3, -0.25) is 0 Å². The van der Waals surface area contributed by atoms with Crippen LogP contribution >= 0.6 is 0 Å². The summed E-state index contributed by atoms with van der Waals surface area (Å²) in [7, 11) is 0. The summed E-state index contributed by atoms with van der Waals surface area (Å²) >= 11 is 0. The van der Waals surface area contributed by atoms with Crippen molar-refractivity contribution >= 4 is 87.0 Å². The molecule has 0 fully saturated rings. The summed E-state index contributed by atoms with van der Waals surface area (Å²) in [6.45, 7) is 0. The van der Waals surface area contributed by atoms with Gasteiger partial charge in [0.25, 0.3) is 0 Å². The second-order valence-corrected chi connectivity index (χ2v) is 15.7. The Kier molecular flexibility index (Phi) is 6.72. The van der Waals surface area contributed by atoms with Gasteiger partial charge in [-0.25, -0.2) is 0 Å². The average molecular weight is 750 g/mol. The van der Waals surface area contributed by atoms with Gasteiger partial charge < -0.3 is 13.7 Å². The summed E-state index contributed by atoms with van der Waals surface area (Å²) < 4.78 is 7.37. The minimum absolute atomic E-state index is 1.14. The van der Waals surface area contributed by atoms with Crippen LogP contribution in [0.4, 0.5) is 0 Å². The molecule has 0 N–H and O–H groups in total. The van der Waals surface area contributed by atoms with E-state index in [1.54, 1.807) is 0 Å². The standard InChI is InChI=1S/C56H35N3/c1-2-18-38(19-3-1)57-47-28-11-8-24-44(47)54-41(27-15-31-50(54)57)36-17-14-20-39(34-36)58-48-29-12-9-25-45(48)55-51(58)32-33-52-56(55)46-26-10-13-30-49(46)59(52)53-35-37-16-4-5-21-40(37)42-22-6-7-23-43(42)53/h1-35H. The predicted octanol–water partition coefficient (Wildman–Crippen LogP) is 15.0. The van der Waals surface area contributed by atoms with Crippen LogP contribution in [0.15, 0.2) is 212 Å². The van der Waals surface area contributed by atoms with Crippen LogP contribution < -0.4 is 0 Å². The minimum Gasteiger partial charge on any atom is -0.309 e. The summed E-state index contributed by atoms with van der Waals surface area (Å²) in [4.78, 5) is 0. The molecule has 0 bridgehead atoms. The van der Waals surface area contributed by atoms with Crippen molar-refractivity contribution in [3.05, 3.63) is 212 Å². The Balaban J connectivity index is 1.08. The van der Waals surface area contributed by atoms with Gasteiger partial charge in [-0.15, -0.1) is 0 Å². The molecule has 3 nitrogen and oxygen atoms in total. The molecule has 0 atom stereocenters. The molecule has 0 aliphatic rings. The highest BCUT2D eigenvalue weighted by Crippen LogP contribution is 2.45. The molecular weight excluding hydrogens is 715 g/mol. The van der Waals surface area contributed by atoms with Crippen LogP contribution in [0.2, 0.25) is 0 Å². The molecule has 10 aromatic carbocycles. The fourth-order valence-corrected chi connectivity index (χ4v) is 10.2. The molecule has 0 amide bonds. The zero-order valence-electron chi connectivity index (χ0n) is 32.0. The number of hydrogen-bond donors (Lipinski definition) is 0. The molecule has 3 heterocycles. The van der Waals surface area contributed by atoms with E-state index in [1.807, 2.05) is 0 Å².